The van der Waals surface area contributed by atoms with Crippen molar-refractivity contribution in [1.82, 2.24) is 15.2 Å². The first-order valence-electron chi connectivity index (χ1n) is 8.69. The molecule has 0 saturated heterocycles. The van der Waals surface area contributed by atoms with E-state index in [0.29, 0.717) is 5.95 Å². The molecule has 0 bridgehead atoms. The highest BCUT2D eigenvalue weighted by Crippen LogP contribution is 2.16. The van der Waals surface area contributed by atoms with Crippen molar-refractivity contribution in [2.24, 2.45) is 5.10 Å². The predicted molar refractivity (Wildman–Crippen MR) is 106 cm³/mol. The largest absolute Gasteiger partial charge is 0.372 e. The highest BCUT2D eigenvalue weighted by atomic mass is 15.4. The van der Waals surface area contributed by atoms with Crippen molar-refractivity contribution in [3.8, 4) is 11.3 Å². The maximum Gasteiger partial charge on any atom is 0.263 e. The smallest absolute Gasteiger partial charge is 0.263 e. The zero-order chi connectivity index (χ0) is 18.2. The summed E-state index contributed by atoms with van der Waals surface area (Å²) in [6, 6.07) is 18.1. The standard InChI is InChI=1S/C20H22N6/c1-3-26(4-2)18-12-10-16(11-13-18)14-21-24-20-23-19(15-22-25-20)17-8-6-5-7-9-17/h5-15H,3-4H2,1-2H3,(H,23,24,25)/b21-14+. The zero-order valence-electron chi connectivity index (χ0n) is 15.0. The fourth-order valence-electron chi connectivity index (χ4n) is 2.62. The molecule has 6 heteroatoms. The van der Waals surface area contributed by atoms with Gasteiger partial charge in [-0.05, 0) is 31.5 Å². The molecular formula is C20H22N6. The first-order valence-corrected chi connectivity index (χ1v) is 8.69. The van der Waals surface area contributed by atoms with Crippen LogP contribution in [0.4, 0.5) is 11.6 Å². The number of anilines is 2. The Labute approximate surface area is 153 Å². The van der Waals surface area contributed by atoms with E-state index in [-0.39, 0.29) is 0 Å². The van der Waals surface area contributed by atoms with Crippen molar-refractivity contribution in [3.63, 3.8) is 0 Å². The molecule has 26 heavy (non-hydrogen) atoms. The molecule has 2 aromatic carbocycles. The molecule has 6 nitrogen and oxygen atoms in total. The Hall–Kier alpha value is -3.28. The van der Waals surface area contributed by atoms with Gasteiger partial charge in [0.2, 0.25) is 0 Å². The van der Waals surface area contributed by atoms with Crippen LogP contribution in [0.1, 0.15) is 19.4 Å². The van der Waals surface area contributed by atoms with Crippen LogP contribution in [-0.2, 0) is 0 Å². The number of nitrogens with zero attached hydrogens (tertiary/aromatic N) is 5. The molecule has 0 fully saturated rings. The summed E-state index contributed by atoms with van der Waals surface area (Å²) in [5.41, 5.74) is 6.79. The molecule has 0 saturated carbocycles. The third kappa shape index (κ3) is 4.42. The minimum Gasteiger partial charge on any atom is -0.372 e. The molecule has 3 aromatic rings. The molecule has 3 rings (SSSR count). The van der Waals surface area contributed by atoms with Gasteiger partial charge in [0, 0.05) is 24.3 Å². The van der Waals surface area contributed by atoms with Crippen molar-refractivity contribution in [2.75, 3.05) is 23.4 Å². The van der Waals surface area contributed by atoms with E-state index in [0.717, 1.165) is 29.9 Å². The summed E-state index contributed by atoms with van der Waals surface area (Å²) in [6.45, 7) is 6.29. The van der Waals surface area contributed by atoms with Crippen LogP contribution in [0.25, 0.3) is 11.3 Å². The topological polar surface area (TPSA) is 66.3 Å². The Morgan fingerprint density at radius 2 is 1.73 bits per heavy atom. The molecule has 0 aliphatic carbocycles. The molecular weight excluding hydrogens is 324 g/mol. The van der Waals surface area contributed by atoms with E-state index in [1.807, 2.05) is 42.5 Å². The predicted octanol–water partition coefficient (Wildman–Crippen LogP) is 3.83. The van der Waals surface area contributed by atoms with E-state index in [1.54, 1.807) is 12.4 Å². The van der Waals surface area contributed by atoms with Crippen LogP contribution in [0.3, 0.4) is 0 Å². The number of hydrazone groups is 1. The number of benzene rings is 2. The first kappa shape index (κ1) is 17.5. The first-order chi connectivity index (χ1) is 12.8. The Balaban J connectivity index is 1.65. The van der Waals surface area contributed by atoms with Gasteiger partial charge in [0.15, 0.2) is 0 Å². The molecule has 1 N–H and O–H groups in total. The molecule has 1 heterocycles. The van der Waals surface area contributed by atoms with Crippen LogP contribution < -0.4 is 10.3 Å². The van der Waals surface area contributed by atoms with E-state index >= 15 is 0 Å². The van der Waals surface area contributed by atoms with Crippen LogP contribution in [0, 0.1) is 0 Å². The molecule has 132 valence electrons. The highest BCUT2D eigenvalue weighted by molar-refractivity contribution is 5.80. The van der Waals surface area contributed by atoms with Gasteiger partial charge in [-0.1, -0.05) is 42.5 Å². The van der Waals surface area contributed by atoms with Crippen LogP contribution in [0.15, 0.2) is 65.9 Å². The fraction of sp³-hybridized carbons (Fsp3) is 0.200. The molecule has 0 amide bonds. The average molecular weight is 346 g/mol. The van der Waals surface area contributed by atoms with Gasteiger partial charge in [0.25, 0.3) is 5.95 Å². The van der Waals surface area contributed by atoms with Crippen LogP contribution in [-0.4, -0.2) is 34.5 Å². The second kappa shape index (κ2) is 8.71. The molecule has 0 spiro atoms. The van der Waals surface area contributed by atoms with Crippen LogP contribution >= 0.6 is 0 Å². The average Bonchev–Trinajstić information content (AvgIpc) is 2.71. The molecule has 0 unspecified atom stereocenters. The minimum absolute atomic E-state index is 0.363. The summed E-state index contributed by atoms with van der Waals surface area (Å²) in [5, 5.41) is 12.2. The summed E-state index contributed by atoms with van der Waals surface area (Å²) in [6.07, 6.45) is 3.38. The molecule has 0 aliphatic heterocycles. The van der Waals surface area contributed by atoms with Gasteiger partial charge >= 0.3 is 0 Å². The van der Waals surface area contributed by atoms with Gasteiger partial charge < -0.3 is 4.90 Å². The lowest BCUT2D eigenvalue weighted by Gasteiger charge is -2.20. The maximum absolute atomic E-state index is 4.43. The normalized spacial score (nSPS) is 10.8. The minimum atomic E-state index is 0.363. The number of hydrogen-bond acceptors (Lipinski definition) is 6. The molecule has 1 aromatic heterocycles. The van der Waals surface area contributed by atoms with E-state index in [1.165, 1.54) is 5.69 Å². The van der Waals surface area contributed by atoms with E-state index in [4.69, 9.17) is 0 Å². The number of rotatable bonds is 7. The van der Waals surface area contributed by atoms with Crippen LogP contribution in [0.2, 0.25) is 0 Å². The van der Waals surface area contributed by atoms with Crippen molar-refractivity contribution in [1.29, 1.82) is 0 Å². The van der Waals surface area contributed by atoms with Crippen molar-refractivity contribution >= 4 is 17.9 Å². The Morgan fingerprint density at radius 1 is 1.00 bits per heavy atom. The van der Waals surface area contributed by atoms with E-state index in [9.17, 15) is 0 Å². The summed E-state index contributed by atoms with van der Waals surface area (Å²) < 4.78 is 0. The summed E-state index contributed by atoms with van der Waals surface area (Å²) in [4.78, 5) is 6.73. The monoisotopic (exact) mass is 346 g/mol. The Morgan fingerprint density at radius 3 is 2.42 bits per heavy atom. The van der Waals surface area contributed by atoms with E-state index in [2.05, 4.69) is 56.6 Å². The van der Waals surface area contributed by atoms with Crippen molar-refractivity contribution in [3.05, 3.63) is 66.4 Å². The van der Waals surface area contributed by atoms with Gasteiger partial charge in [-0.15, -0.1) is 5.10 Å². The lowest BCUT2D eigenvalue weighted by molar-refractivity contribution is 0.866. The van der Waals surface area contributed by atoms with Gasteiger partial charge in [-0.2, -0.15) is 10.2 Å². The lowest BCUT2D eigenvalue weighted by atomic mass is 10.2. The summed E-state index contributed by atoms with van der Waals surface area (Å²) >= 11 is 0. The second-order valence-corrected chi connectivity index (χ2v) is 5.67. The number of nitrogens with one attached hydrogen (secondary N) is 1. The molecule has 0 radical (unpaired) electrons. The maximum atomic E-state index is 4.43. The Kier molecular flexibility index (Phi) is 5.88. The van der Waals surface area contributed by atoms with Crippen molar-refractivity contribution < 1.29 is 0 Å². The van der Waals surface area contributed by atoms with E-state index < -0.39 is 0 Å². The fourth-order valence-corrected chi connectivity index (χ4v) is 2.62. The SMILES string of the molecule is CCN(CC)c1ccc(/C=N/Nc2nncc(-c3ccccc3)n2)cc1. The summed E-state index contributed by atoms with van der Waals surface area (Å²) in [7, 11) is 0. The van der Waals surface area contributed by atoms with Crippen molar-refractivity contribution in [2.45, 2.75) is 13.8 Å². The zero-order valence-corrected chi connectivity index (χ0v) is 15.0. The highest BCUT2D eigenvalue weighted by Gasteiger charge is 2.02. The van der Waals surface area contributed by atoms with Crippen LogP contribution in [0.5, 0.6) is 0 Å². The van der Waals surface area contributed by atoms with Gasteiger partial charge in [-0.25, -0.2) is 10.4 Å². The molecule has 0 atom stereocenters. The Bertz CT molecular complexity index is 842. The second-order valence-electron chi connectivity index (χ2n) is 5.67. The third-order valence-electron chi connectivity index (χ3n) is 4.03. The third-order valence-corrected chi connectivity index (χ3v) is 4.03. The molecule has 0 aliphatic rings. The number of aromatic nitrogens is 3. The summed E-state index contributed by atoms with van der Waals surface area (Å²) in [5.74, 6) is 0.363. The number of hydrogen-bond donors (Lipinski definition) is 1. The van der Waals surface area contributed by atoms with Gasteiger partial charge in [0.05, 0.1) is 18.1 Å². The quantitative estimate of drug-likeness (QED) is 0.520. The lowest BCUT2D eigenvalue weighted by Crippen LogP contribution is -2.21. The van der Waals surface area contributed by atoms with Gasteiger partial charge in [-0.3, -0.25) is 0 Å². The van der Waals surface area contributed by atoms with Gasteiger partial charge in [0.1, 0.15) is 0 Å².